The Morgan fingerprint density at radius 1 is 1.16 bits per heavy atom. The maximum absolute atomic E-state index is 13.3. The molecule has 0 unspecified atom stereocenters. The van der Waals surface area contributed by atoms with Gasteiger partial charge in [0.05, 0.1) is 20.1 Å². The minimum atomic E-state index is -0.353. The molecule has 0 saturated carbocycles. The van der Waals surface area contributed by atoms with Crippen LogP contribution >= 0.6 is 0 Å². The predicted molar refractivity (Wildman–Crippen MR) is 116 cm³/mol. The third-order valence-corrected chi connectivity index (χ3v) is 5.54. The highest BCUT2D eigenvalue weighted by atomic mass is 19.1. The minimum Gasteiger partial charge on any atom is -0.504 e. The number of aromatic nitrogens is 3. The molecule has 0 atom stereocenters. The second-order valence-corrected chi connectivity index (χ2v) is 7.80. The molecular formula is C23H26FN5O3. The molecule has 4 rings (SSSR count). The van der Waals surface area contributed by atoms with Crippen molar-refractivity contribution in [2.75, 3.05) is 20.2 Å². The van der Waals surface area contributed by atoms with Gasteiger partial charge in [-0.3, -0.25) is 9.69 Å². The lowest BCUT2D eigenvalue weighted by Crippen LogP contribution is -2.28. The summed E-state index contributed by atoms with van der Waals surface area (Å²) in [4.78, 5) is 14.6. The molecule has 0 saturated heterocycles. The lowest BCUT2D eigenvalue weighted by atomic mass is 10.1. The minimum absolute atomic E-state index is 0.114. The monoisotopic (exact) mass is 439 g/mol. The van der Waals surface area contributed by atoms with E-state index in [1.807, 2.05) is 12.1 Å². The Morgan fingerprint density at radius 3 is 2.84 bits per heavy atom. The molecule has 0 aliphatic carbocycles. The van der Waals surface area contributed by atoms with Crippen LogP contribution in [0.15, 0.2) is 42.5 Å². The summed E-state index contributed by atoms with van der Waals surface area (Å²) in [5.41, 5.74) is 1.69. The van der Waals surface area contributed by atoms with E-state index >= 15 is 0 Å². The summed E-state index contributed by atoms with van der Waals surface area (Å²) in [5.74, 6) is 1.65. The Bertz CT molecular complexity index is 1100. The summed E-state index contributed by atoms with van der Waals surface area (Å²) < 4.78 is 20.6. The van der Waals surface area contributed by atoms with Crippen molar-refractivity contribution in [3.8, 4) is 11.5 Å². The first-order chi connectivity index (χ1) is 15.5. The van der Waals surface area contributed by atoms with Crippen molar-refractivity contribution in [3.05, 3.63) is 71.1 Å². The molecule has 168 valence electrons. The molecule has 0 spiro atoms. The summed E-state index contributed by atoms with van der Waals surface area (Å²) in [5, 5.41) is 21.2. The van der Waals surface area contributed by atoms with Gasteiger partial charge in [-0.05, 0) is 35.4 Å². The molecule has 8 nitrogen and oxygen atoms in total. The average molecular weight is 439 g/mol. The molecule has 0 fully saturated rings. The number of fused-ring (bicyclic) bond motifs is 1. The Labute approximate surface area is 185 Å². The predicted octanol–water partition coefficient (Wildman–Crippen LogP) is 2.05. The van der Waals surface area contributed by atoms with E-state index < -0.39 is 0 Å². The van der Waals surface area contributed by atoms with Crippen LogP contribution in [0.1, 0.15) is 22.8 Å². The molecule has 32 heavy (non-hydrogen) atoms. The number of amides is 1. The van der Waals surface area contributed by atoms with Gasteiger partial charge in [0.2, 0.25) is 5.91 Å². The molecule has 2 aromatic carbocycles. The van der Waals surface area contributed by atoms with Crippen LogP contribution in [0.3, 0.4) is 0 Å². The fraction of sp³-hybridized carbons (Fsp3) is 0.348. The number of ether oxygens (including phenoxy) is 1. The van der Waals surface area contributed by atoms with Crippen molar-refractivity contribution in [2.45, 2.75) is 32.5 Å². The lowest BCUT2D eigenvalue weighted by molar-refractivity contribution is -0.120. The second-order valence-electron chi connectivity index (χ2n) is 7.80. The Balaban J connectivity index is 1.33. The number of phenolic OH excluding ortho intramolecular Hbond substituents is 1. The molecule has 2 heterocycles. The van der Waals surface area contributed by atoms with E-state index in [1.165, 1.54) is 19.2 Å². The molecule has 3 aromatic rings. The number of nitrogens with zero attached hydrogens (tertiary/aromatic N) is 4. The number of hydrogen-bond donors (Lipinski definition) is 2. The Hall–Kier alpha value is -3.46. The van der Waals surface area contributed by atoms with E-state index in [0.717, 1.165) is 37.4 Å². The Morgan fingerprint density at radius 2 is 2.03 bits per heavy atom. The number of aromatic hydroxyl groups is 1. The SMILES string of the molecule is COc1cc(CN2CCc3nnc(CNC(=O)Cc4cccc(F)c4)n3CC2)ccc1O. The fourth-order valence-electron chi connectivity index (χ4n) is 3.87. The zero-order chi connectivity index (χ0) is 22.5. The van der Waals surface area contributed by atoms with Crippen LogP contribution < -0.4 is 10.1 Å². The Kier molecular flexibility index (Phi) is 6.65. The number of carbonyl (C=O) groups excluding carboxylic acids is 1. The molecule has 0 bridgehead atoms. The van der Waals surface area contributed by atoms with Crippen LogP contribution in [-0.4, -0.2) is 50.9 Å². The fourth-order valence-corrected chi connectivity index (χ4v) is 3.87. The number of carbonyl (C=O) groups is 1. The van der Waals surface area contributed by atoms with E-state index in [4.69, 9.17) is 4.74 Å². The summed E-state index contributed by atoms with van der Waals surface area (Å²) in [6, 6.07) is 11.4. The molecular weight excluding hydrogens is 413 g/mol. The zero-order valence-corrected chi connectivity index (χ0v) is 17.9. The van der Waals surface area contributed by atoms with Gasteiger partial charge in [0.1, 0.15) is 11.6 Å². The number of halogens is 1. The van der Waals surface area contributed by atoms with Gasteiger partial charge >= 0.3 is 0 Å². The van der Waals surface area contributed by atoms with Crippen LogP contribution in [0, 0.1) is 5.82 Å². The van der Waals surface area contributed by atoms with Gasteiger partial charge in [0.25, 0.3) is 0 Å². The van der Waals surface area contributed by atoms with Crippen LogP contribution in [-0.2, 0) is 37.3 Å². The normalized spacial score (nSPS) is 13.9. The third kappa shape index (κ3) is 5.23. The number of benzene rings is 2. The number of rotatable bonds is 7. The van der Waals surface area contributed by atoms with E-state index in [9.17, 15) is 14.3 Å². The van der Waals surface area contributed by atoms with Gasteiger partial charge in [-0.25, -0.2) is 4.39 Å². The van der Waals surface area contributed by atoms with Crippen LogP contribution in [0.25, 0.3) is 0 Å². The first kappa shape index (κ1) is 21.8. The number of hydrogen-bond acceptors (Lipinski definition) is 6. The van der Waals surface area contributed by atoms with Crippen molar-refractivity contribution < 1.29 is 19.0 Å². The van der Waals surface area contributed by atoms with Crippen molar-refractivity contribution in [1.29, 1.82) is 0 Å². The number of methoxy groups -OCH3 is 1. The molecule has 0 radical (unpaired) electrons. The molecule has 1 amide bonds. The van der Waals surface area contributed by atoms with E-state index in [0.29, 0.717) is 23.7 Å². The summed E-state index contributed by atoms with van der Waals surface area (Å²) in [6.07, 6.45) is 0.863. The van der Waals surface area contributed by atoms with Crippen LogP contribution in [0.5, 0.6) is 11.5 Å². The first-order valence-electron chi connectivity index (χ1n) is 10.5. The zero-order valence-electron chi connectivity index (χ0n) is 17.9. The van der Waals surface area contributed by atoms with Crippen molar-refractivity contribution in [3.63, 3.8) is 0 Å². The first-order valence-corrected chi connectivity index (χ1v) is 10.5. The highest BCUT2D eigenvalue weighted by Gasteiger charge is 2.19. The highest BCUT2D eigenvalue weighted by Crippen LogP contribution is 2.27. The summed E-state index contributed by atoms with van der Waals surface area (Å²) in [7, 11) is 1.54. The number of nitrogens with one attached hydrogen (secondary N) is 1. The second kappa shape index (κ2) is 9.78. The van der Waals surface area contributed by atoms with E-state index in [2.05, 4.69) is 25.0 Å². The topological polar surface area (TPSA) is 92.5 Å². The molecule has 1 aliphatic heterocycles. The quantitative estimate of drug-likeness (QED) is 0.586. The smallest absolute Gasteiger partial charge is 0.224 e. The highest BCUT2D eigenvalue weighted by molar-refractivity contribution is 5.78. The summed E-state index contributed by atoms with van der Waals surface area (Å²) >= 11 is 0. The van der Waals surface area contributed by atoms with Gasteiger partial charge in [-0.1, -0.05) is 18.2 Å². The van der Waals surface area contributed by atoms with Crippen molar-refractivity contribution >= 4 is 5.91 Å². The molecule has 1 aromatic heterocycles. The maximum atomic E-state index is 13.3. The average Bonchev–Trinajstić information content (AvgIpc) is 3.06. The van der Waals surface area contributed by atoms with Gasteiger partial charge < -0.3 is 19.7 Å². The number of phenols is 1. The van der Waals surface area contributed by atoms with Gasteiger partial charge in [0, 0.05) is 32.6 Å². The molecule has 2 N–H and O–H groups in total. The largest absolute Gasteiger partial charge is 0.504 e. The van der Waals surface area contributed by atoms with Crippen molar-refractivity contribution in [2.24, 2.45) is 0 Å². The third-order valence-electron chi connectivity index (χ3n) is 5.54. The molecule has 1 aliphatic rings. The van der Waals surface area contributed by atoms with Gasteiger partial charge in [-0.2, -0.15) is 0 Å². The standard InChI is InChI=1S/C23H26FN5O3/c1-32-20-12-17(5-6-19(20)30)15-28-8-7-21-26-27-22(29(21)10-9-28)14-25-23(31)13-16-3-2-4-18(24)11-16/h2-6,11-12,30H,7-10,13-15H2,1H3,(H,25,31). The van der Waals surface area contributed by atoms with Gasteiger partial charge in [-0.15, -0.1) is 10.2 Å². The van der Waals surface area contributed by atoms with Crippen molar-refractivity contribution in [1.82, 2.24) is 25.0 Å². The van der Waals surface area contributed by atoms with Gasteiger partial charge in [0.15, 0.2) is 17.3 Å². The summed E-state index contributed by atoms with van der Waals surface area (Å²) in [6.45, 7) is 3.35. The lowest BCUT2D eigenvalue weighted by Gasteiger charge is -2.20. The maximum Gasteiger partial charge on any atom is 0.224 e. The van der Waals surface area contributed by atoms with E-state index in [1.54, 1.807) is 18.2 Å². The van der Waals surface area contributed by atoms with Crippen LogP contribution in [0.2, 0.25) is 0 Å². The van der Waals surface area contributed by atoms with Crippen LogP contribution in [0.4, 0.5) is 4.39 Å². The van der Waals surface area contributed by atoms with E-state index in [-0.39, 0.29) is 30.4 Å². The molecule has 9 heteroatoms.